The molecule has 0 heterocycles. The van der Waals surface area contributed by atoms with Crippen LogP contribution in [0.5, 0.6) is 5.75 Å². The Bertz CT molecular complexity index is 1150. The van der Waals surface area contributed by atoms with Crippen molar-refractivity contribution in [2.45, 2.75) is 19.1 Å². The van der Waals surface area contributed by atoms with Gasteiger partial charge in [-0.15, -0.1) is 0 Å². The third-order valence-electron chi connectivity index (χ3n) is 4.97. The lowest BCUT2D eigenvalue weighted by Gasteiger charge is -2.30. The molecule has 0 spiro atoms. The molecule has 6 nitrogen and oxygen atoms in total. The van der Waals surface area contributed by atoms with Crippen molar-refractivity contribution >= 4 is 45.8 Å². The van der Waals surface area contributed by atoms with Gasteiger partial charge in [0.1, 0.15) is 12.4 Å². The summed E-state index contributed by atoms with van der Waals surface area (Å²) in [7, 11) is 0. The third kappa shape index (κ3) is 6.38. The minimum atomic E-state index is -1.54. The average Bonchev–Trinajstić information content (AvgIpc) is 2.80. The van der Waals surface area contributed by atoms with E-state index in [9.17, 15) is 9.90 Å². The Morgan fingerprint density at radius 2 is 1.85 bits per heavy atom. The number of halogens is 2. The number of aliphatic carboxylic acids is 1. The fourth-order valence-electron chi connectivity index (χ4n) is 3.20. The number of benzene rings is 3. The number of anilines is 1. The Morgan fingerprint density at radius 1 is 1.15 bits per heavy atom. The van der Waals surface area contributed by atoms with Gasteiger partial charge >= 0.3 is 5.97 Å². The maximum Gasteiger partial charge on any atom is 0.333 e. The van der Waals surface area contributed by atoms with E-state index in [1.54, 1.807) is 43.3 Å². The van der Waals surface area contributed by atoms with Crippen LogP contribution in [0.4, 0.5) is 5.69 Å². The van der Waals surface area contributed by atoms with Gasteiger partial charge in [-0.1, -0.05) is 41.9 Å². The molecule has 3 rings (SSSR count). The number of ether oxygens (including phenoxy) is 2. The summed E-state index contributed by atoms with van der Waals surface area (Å²) in [6.07, 6.45) is 0. The zero-order valence-corrected chi connectivity index (χ0v) is 20.8. The van der Waals surface area contributed by atoms with Gasteiger partial charge in [0.05, 0.1) is 28.4 Å². The van der Waals surface area contributed by atoms with Crippen molar-refractivity contribution in [3.8, 4) is 11.8 Å². The fraction of sp³-hybridized carbons (Fsp3) is 0.200. The van der Waals surface area contributed by atoms with Gasteiger partial charge in [-0.05, 0) is 71.5 Å². The average molecular weight is 577 g/mol. The molecule has 170 valence electrons. The van der Waals surface area contributed by atoms with E-state index in [-0.39, 0.29) is 6.61 Å². The van der Waals surface area contributed by atoms with Crippen molar-refractivity contribution < 1.29 is 19.4 Å². The largest absolute Gasteiger partial charge is 0.490 e. The number of rotatable bonds is 10. The van der Waals surface area contributed by atoms with Crippen molar-refractivity contribution in [3.63, 3.8) is 0 Å². The van der Waals surface area contributed by atoms with Crippen molar-refractivity contribution in [2.24, 2.45) is 0 Å². The second kappa shape index (κ2) is 11.4. The molecule has 0 aromatic heterocycles. The number of carbonyl (C=O) groups is 1. The number of carboxylic acids is 1. The Labute approximate surface area is 211 Å². The summed E-state index contributed by atoms with van der Waals surface area (Å²) in [5.41, 5.74) is 0.934. The fourth-order valence-corrected chi connectivity index (χ4v) is 4.38. The second-order valence-electron chi connectivity index (χ2n) is 7.40. The normalized spacial score (nSPS) is 12.4. The zero-order valence-electron chi connectivity index (χ0n) is 17.8. The van der Waals surface area contributed by atoms with E-state index < -0.39 is 11.5 Å². The van der Waals surface area contributed by atoms with Crippen LogP contribution in [-0.4, -0.2) is 24.3 Å². The first kappa shape index (κ1) is 24.8. The molecule has 2 N–H and O–H groups in total. The quantitative estimate of drug-likeness (QED) is 0.233. The van der Waals surface area contributed by atoms with Crippen LogP contribution in [0.2, 0.25) is 5.02 Å². The molecule has 33 heavy (non-hydrogen) atoms. The van der Waals surface area contributed by atoms with Crippen molar-refractivity contribution in [1.82, 2.24) is 0 Å². The lowest BCUT2D eigenvalue weighted by atomic mass is 9.90. The van der Waals surface area contributed by atoms with E-state index in [2.05, 4.69) is 27.9 Å². The lowest BCUT2D eigenvalue weighted by Crippen LogP contribution is -2.41. The van der Waals surface area contributed by atoms with E-state index in [0.717, 1.165) is 5.56 Å². The highest BCUT2D eigenvalue weighted by atomic mass is 127. The first-order valence-corrected chi connectivity index (χ1v) is 11.5. The molecule has 0 fully saturated rings. The molecule has 0 aliphatic rings. The van der Waals surface area contributed by atoms with E-state index in [4.69, 9.17) is 26.3 Å². The van der Waals surface area contributed by atoms with E-state index in [1.165, 1.54) is 0 Å². The Balaban J connectivity index is 1.80. The molecule has 3 aromatic rings. The van der Waals surface area contributed by atoms with Crippen LogP contribution in [0.25, 0.3) is 0 Å². The second-order valence-corrected chi connectivity index (χ2v) is 8.99. The molecule has 1 unspecified atom stereocenters. The maximum absolute atomic E-state index is 12.4. The monoisotopic (exact) mass is 576 g/mol. The van der Waals surface area contributed by atoms with Crippen LogP contribution in [0.3, 0.4) is 0 Å². The van der Waals surface area contributed by atoms with Gasteiger partial charge in [0, 0.05) is 16.3 Å². The molecule has 0 bridgehead atoms. The Kier molecular flexibility index (Phi) is 8.55. The first-order valence-electron chi connectivity index (χ1n) is 10.1. The smallest absolute Gasteiger partial charge is 0.333 e. The Morgan fingerprint density at radius 3 is 2.48 bits per heavy atom. The minimum absolute atomic E-state index is 0.240. The summed E-state index contributed by atoms with van der Waals surface area (Å²) in [5, 5.41) is 22.6. The third-order valence-corrected chi connectivity index (χ3v) is 5.99. The minimum Gasteiger partial charge on any atom is -0.490 e. The van der Waals surface area contributed by atoms with Gasteiger partial charge in [-0.3, -0.25) is 0 Å². The zero-order chi connectivity index (χ0) is 23.8. The molecule has 0 saturated heterocycles. The summed E-state index contributed by atoms with van der Waals surface area (Å²) in [6, 6.07) is 21.7. The molecule has 0 radical (unpaired) electrons. The molecule has 1 atom stereocenters. The van der Waals surface area contributed by atoms with Gasteiger partial charge in [0.2, 0.25) is 0 Å². The van der Waals surface area contributed by atoms with E-state index in [0.29, 0.717) is 44.4 Å². The van der Waals surface area contributed by atoms with Crippen LogP contribution < -0.4 is 10.1 Å². The van der Waals surface area contributed by atoms with Gasteiger partial charge < -0.3 is 19.9 Å². The number of nitrogens with zero attached hydrogens (tertiary/aromatic N) is 1. The van der Waals surface area contributed by atoms with Gasteiger partial charge in [0.25, 0.3) is 0 Å². The molecule has 3 aromatic carbocycles. The predicted molar refractivity (Wildman–Crippen MR) is 136 cm³/mol. The Hall–Kier alpha value is -2.80. The maximum atomic E-state index is 12.4. The topological polar surface area (TPSA) is 91.6 Å². The van der Waals surface area contributed by atoms with Crippen LogP contribution in [0.1, 0.15) is 23.6 Å². The molecule has 0 saturated carbocycles. The van der Waals surface area contributed by atoms with Gasteiger partial charge in [-0.2, -0.15) is 5.26 Å². The van der Waals surface area contributed by atoms with Crippen molar-refractivity contribution in [3.05, 3.63) is 92.0 Å². The van der Waals surface area contributed by atoms with Crippen LogP contribution >= 0.6 is 34.2 Å². The number of nitrogens with one attached hydrogen (secondary N) is 1. The van der Waals surface area contributed by atoms with Crippen molar-refractivity contribution in [2.75, 3.05) is 18.5 Å². The summed E-state index contributed by atoms with van der Waals surface area (Å²) < 4.78 is 12.4. The highest BCUT2D eigenvalue weighted by Gasteiger charge is 2.39. The van der Waals surface area contributed by atoms with E-state index >= 15 is 0 Å². The number of hydrogen-bond acceptors (Lipinski definition) is 5. The van der Waals surface area contributed by atoms with E-state index in [1.807, 2.05) is 36.4 Å². The number of nitriles is 1. The predicted octanol–water partition coefficient (Wildman–Crippen LogP) is 5.82. The molecule has 0 aliphatic heterocycles. The van der Waals surface area contributed by atoms with Gasteiger partial charge in [-0.25, -0.2) is 4.79 Å². The summed E-state index contributed by atoms with van der Waals surface area (Å²) in [4.78, 5) is 12.4. The number of carboxylic acid groups (broad SMARTS) is 1. The number of hydrogen-bond donors (Lipinski definition) is 2. The molecular weight excluding hydrogens is 555 g/mol. The standard InChI is InChI=1S/C25H22ClIN2O4/c1-25(24(30)31,29-20-9-7-17(15-28)8-10-20)21-13-19(26)14-22(27)23(21)33-12-11-32-16-18-5-3-2-4-6-18/h2-10,13-14,29H,11-12,16H2,1H3,(H,30,31). The highest BCUT2D eigenvalue weighted by Crippen LogP contribution is 2.39. The van der Waals surface area contributed by atoms with Crippen molar-refractivity contribution in [1.29, 1.82) is 5.26 Å². The van der Waals surface area contributed by atoms with Crippen LogP contribution in [0.15, 0.2) is 66.7 Å². The lowest BCUT2D eigenvalue weighted by molar-refractivity contribution is -0.142. The molecule has 8 heteroatoms. The summed E-state index contributed by atoms with van der Waals surface area (Å²) in [5.74, 6) is -0.676. The first-order chi connectivity index (χ1) is 15.8. The molecular formula is C25H22ClIN2O4. The SMILES string of the molecule is CC(Nc1ccc(C#N)cc1)(C(=O)O)c1cc(Cl)cc(I)c1OCCOCc1ccccc1. The van der Waals surface area contributed by atoms with Gasteiger partial charge in [0.15, 0.2) is 5.54 Å². The molecule has 0 amide bonds. The summed E-state index contributed by atoms with van der Waals surface area (Å²) >= 11 is 8.36. The van der Waals surface area contributed by atoms with Crippen LogP contribution in [-0.2, 0) is 21.7 Å². The molecule has 0 aliphatic carbocycles. The summed E-state index contributed by atoms with van der Waals surface area (Å²) in [6.45, 7) is 2.58. The highest BCUT2D eigenvalue weighted by molar-refractivity contribution is 14.1. The van der Waals surface area contributed by atoms with Crippen LogP contribution in [0, 0.1) is 14.9 Å².